The van der Waals surface area contributed by atoms with Crippen molar-refractivity contribution in [2.75, 3.05) is 24.3 Å². The summed E-state index contributed by atoms with van der Waals surface area (Å²) < 4.78 is 5.10. The van der Waals surface area contributed by atoms with E-state index in [9.17, 15) is 5.11 Å². The van der Waals surface area contributed by atoms with E-state index in [1.165, 1.54) is 0 Å². The van der Waals surface area contributed by atoms with E-state index in [1.807, 2.05) is 6.07 Å². The molecule has 0 unspecified atom stereocenters. The van der Waals surface area contributed by atoms with Crippen molar-refractivity contribution in [1.29, 1.82) is 0 Å². The van der Waals surface area contributed by atoms with Crippen molar-refractivity contribution in [2.24, 2.45) is 0 Å². The maximum Gasteiger partial charge on any atom is 0.128 e. The summed E-state index contributed by atoms with van der Waals surface area (Å²) in [7, 11) is 0. The molecule has 5 nitrogen and oxygen atoms in total. The summed E-state index contributed by atoms with van der Waals surface area (Å²) in [6.07, 6.45) is -0.474. The largest absolute Gasteiger partial charge is 0.388 e. The van der Waals surface area contributed by atoms with Gasteiger partial charge in [-0.3, -0.25) is 0 Å². The summed E-state index contributed by atoms with van der Waals surface area (Å²) >= 11 is 0. The van der Waals surface area contributed by atoms with Crippen molar-refractivity contribution in [3.05, 3.63) is 18.2 Å². The predicted molar refractivity (Wildman–Crippen MR) is 52.9 cm³/mol. The fraction of sp³-hybridized carbons (Fsp3) is 0.444. The van der Waals surface area contributed by atoms with E-state index in [1.54, 1.807) is 12.1 Å². The van der Waals surface area contributed by atoms with Gasteiger partial charge in [-0.15, -0.1) is 0 Å². The molecule has 4 N–H and O–H groups in total. The molecule has 1 aliphatic rings. The molecule has 1 aliphatic heterocycles. The van der Waals surface area contributed by atoms with Gasteiger partial charge in [0.1, 0.15) is 11.6 Å². The van der Waals surface area contributed by atoms with Crippen LogP contribution in [0.2, 0.25) is 0 Å². The summed E-state index contributed by atoms with van der Waals surface area (Å²) in [4.78, 5) is 4.07. The monoisotopic (exact) mass is 195 g/mol. The van der Waals surface area contributed by atoms with Gasteiger partial charge in [-0.1, -0.05) is 6.07 Å². The van der Waals surface area contributed by atoms with E-state index in [2.05, 4.69) is 10.3 Å². The lowest BCUT2D eigenvalue weighted by Gasteiger charge is -2.14. The third-order valence-corrected chi connectivity index (χ3v) is 2.15. The molecular weight excluding hydrogens is 182 g/mol. The Balaban J connectivity index is 2.03. The molecule has 0 bridgehead atoms. The Hall–Kier alpha value is -1.33. The first-order chi connectivity index (χ1) is 6.75. The molecule has 0 saturated carbocycles. The number of nitrogens with two attached hydrogens (primary N) is 1. The van der Waals surface area contributed by atoms with Crippen LogP contribution in [0.15, 0.2) is 18.2 Å². The zero-order valence-electron chi connectivity index (χ0n) is 7.68. The highest BCUT2D eigenvalue weighted by atomic mass is 16.5. The summed E-state index contributed by atoms with van der Waals surface area (Å²) in [6, 6.07) is 5.24. The number of aromatic nitrogens is 1. The molecule has 0 spiro atoms. The van der Waals surface area contributed by atoms with E-state index in [-0.39, 0.29) is 6.04 Å². The maximum atomic E-state index is 9.47. The van der Waals surface area contributed by atoms with Gasteiger partial charge >= 0.3 is 0 Å². The SMILES string of the molecule is Nc1cccc(N[C@@H]2COC[C@H]2O)n1. The van der Waals surface area contributed by atoms with Crippen LogP contribution in [-0.4, -0.2) is 35.5 Å². The highest BCUT2D eigenvalue weighted by molar-refractivity contribution is 5.43. The van der Waals surface area contributed by atoms with Crippen LogP contribution in [0.5, 0.6) is 0 Å². The number of rotatable bonds is 2. The molecule has 0 aromatic carbocycles. The summed E-state index contributed by atoms with van der Waals surface area (Å²) in [5.41, 5.74) is 5.52. The van der Waals surface area contributed by atoms with Crippen molar-refractivity contribution in [3.63, 3.8) is 0 Å². The quantitative estimate of drug-likeness (QED) is 0.610. The minimum Gasteiger partial charge on any atom is -0.388 e. The zero-order chi connectivity index (χ0) is 9.97. The second-order valence-electron chi connectivity index (χ2n) is 3.30. The van der Waals surface area contributed by atoms with Crippen LogP contribution in [-0.2, 0) is 4.74 Å². The Morgan fingerprint density at radius 3 is 3.00 bits per heavy atom. The van der Waals surface area contributed by atoms with Crippen molar-refractivity contribution >= 4 is 11.6 Å². The van der Waals surface area contributed by atoms with Crippen LogP contribution < -0.4 is 11.1 Å². The predicted octanol–water partition coefficient (Wildman–Crippen LogP) is -0.165. The topological polar surface area (TPSA) is 80.4 Å². The van der Waals surface area contributed by atoms with Gasteiger partial charge in [0, 0.05) is 0 Å². The standard InChI is InChI=1S/C9H13N3O2/c10-8-2-1-3-9(12-8)11-6-4-14-5-7(6)13/h1-3,6-7,13H,4-5H2,(H3,10,11,12)/t6-,7-/m1/s1. The third kappa shape index (κ3) is 1.94. The third-order valence-electron chi connectivity index (χ3n) is 2.15. The van der Waals surface area contributed by atoms with Crippen LogP contribution in [0.4, 0.5) is 11.6 Å². The molecule has 1 aromatic heterocycles. The average molecular weight is 195 g/mol. The summed E-state index contributed by atoms with van der Waals surface area (Å²) in [5, 5.41) is 12.5. The van der Waals surface area contributed by atoms with Crippen LogP contribution in [0.1, 0.15) is 0 Å². The Labute approximate surface area is 81.9 Å². The van der Waals surface area contributed by atoms with Gasteiger partial charge in [-0.2, -0.15) is 0 Å². The van der Waals surface area contributed by atoms with E-state index in [0.717, 1.165) is 0 Å². The normalized spacial score (nSPS) is 26.4. The summed E-state index contributed by atoms with van der Waals surface area (Å²) in [5.74, 6) is 1.13. The van der Waals surface area contributed by atoms with E-state index in [0.29, 0.717) is 24.8 Å². The number of nitrogens with zero attached hydrogens (tertiary/aromatic N) is 1. The van der Waals surface area contributed by atoms with Gasteiger partial charge in [0.05, 0.1) is 25.4 Å². The number of nitrogen functional groups attached to an aromatic ring is 1. The molecule has 2 atom stereocenters. The van der Waals surface area contributed by atoms with E-state index >= 15 is 0 Å². The number of pyridine rings is 1. The minimum atomic E-state index is -0.474. The first-order valence-electron chi connectivity index (χ1n) is 4.50. The van der Waals surface area contributed by atoms with Crippen molar-refractivity contribution < 1.29 is 9.84 Å². The number of aliphatic hydroxyl groups excluding tert-OH is 1. The second-order valence-corrected chi connectivity index (χ2v) is 3.30. The highest BCUT2D eigenvalue weighted by Crippen LogP contribution is 2.13. The van der Waals surface area contributed by atoms with Crippen LogP contribution in [0, 0.1) is 0 Å². The van der Waals surface area contributed by atoms with Gasteiger partial charge < -0.3 is 20.9 Å². The van der Waals surface area contributed by atoms with Crippen LogP contribution >= 0.6 is 0 Å². The molecule has 0 aliphatic carbocycles. The van der Waals surface area contributed by atoms with Gasteiger partial charge in [0.2, 0.25) is 0 Å². The lowest BCUT2D eigenvalue weighted by atomic mass is 10.2. The van der Waals surface area contributed by atoms with Crippen molar-refractivity contribution in [2.45, 2.75) is 12.1 Å². The van der Waals surface area contributed by atoms with Crippen molar-refractivity contribution in [3.8, 4) is 0 Å². The van der Waals surface area contributed by atoms with Crippen LogP contribution in [0.25, 0.3) is 0 Å². The van der Waals surface area contributed by atoms with Crippen molar-refractivity contribution in [1.82, 2.24) is 4.98 Å². The Morgan fingerprint density at radius 2 is 2.36 bits per heavy atom. The molecule has 5 heteroatoms. The van der Waals surface area contributed by atoms with Gasteiger partial charge in [0.25, 0.3) is 0 Å². The molecule has 1 aromatic rings. The molecule has 76 valence electrons. The molecule has 2 heterocycles. The number of nitrogens with one attached hydrogen (secondary N) is 1. The number of hydrogen-bond donors (Lipinski definition) is 3. The maximum absolute atomic E-state index is 9.47. The molecule has 1 saturated heterocycles. The lowest BCUT2D eigenvalue weighted by Crippen LogP contribution is -2.32. The van der Waals surface area contributed by atoms with Gasteiger partial charge in [0.15, 0.2) is 0 Å². The molecule has 14 heavy (non-hydrogen) atoms. The fourth-order valence-corrected chi connectivity index (χ4v) is 1.40. The van der Waals surface area contributed by atoms with E-state index in [4.69, 9.17) is 10.5 Å². The van der Waals surface area contributed by atoms with Crippen LogP contribution in [0.3, 0.4) is 0 Å². The van der Waals surface area contributed by atoms with E-state index < -0.39 is 6.10 Å². The number of ether oxygens (including phenoxy) is 1. The minimum absolute atomic E-state index is 0.0932. The summed E-state index contributed by atoms with van der Waals surface area (Å²) in [6.45, 7) is 0.873. The van der Waals surface area contributed by atoms with Gasteiger partial charge in [-0.05, 0) is 12.1 Å². The number of hydrogen-bond acceptors (Lipinski definition) is 5. The molecule has 0 amide bonds. The molecule has 0 radical (unpaired) electrons. The average Bonchev–Trinajstić information content (AvgIpc) is 2.52. The molecule has 1 fully saturated rings. The highest BCUT2D eigenvalue weighted by Gasteiger charge is 2.26. The molecule has 2 rings (SSSR count). The lowest BCUT2D eigenvalue weighted by molar-refractivity contribution is 0.125. The smallest absolute Gasteiger partial charge is 0.128 e. The Kier molecular flexibility index (Phi) is 2.51. The fourth-order valence-electron chi connectivity index (χ4n) is 1.40. The molecular formula is C9H13N3O2. The van der Waals surface area contributed by atoms with Gasteiger partial charge in [-0.25, -0.2) is 4.98 Å². The Morgan fingerprint density at radius 1 is 1.50 bits per heavy atom. The Bertz CT molecular complexity index is 319. The first-order valence-corrected chi connectivity index (χ1v) is 4.50. The number of aliphatic hydroxyl groups is 1. The zero-order valence-corrected chi connectivity index (χ0v) is 7.68. The second kappa shape index (κ2) is 3.81. The first kappa shape index (κ1) is 9.23. The number of anilines is 2.